The standard InChI is InChI=1S/C17H19BrN4O3S/c1-10-2-4-12(5-3-10)26(24,25)22-7-6-11-8-14(16(11)22)20-17(23)15-13(18)9-19-21-15/h2-5,9,11,14,16H,6-8H2,1H3,(H,19,21)(H,20,23)/t11-,14+,16-/m1/s1. The molecule has 1 aliphatic carbocycles. The third-order valence-corrected chi connectivity index (χ3v) is 7.78. The summed E-state index contributed by atoms with van der Waals surface area (Å²) < 4.78 is 28.2. The number of aromatic nitrogens is 2. The van der Waals surface area contributed by atoms with E-state index in [9.17, 15) is 13.2 Å². The van der Waals surface area contributed by atoms with E-state index in [1.807, 2.05) is 6.92 Å². The van der Waals surface area contributed by atoms with Crippen molar-refractivity contribution in [3.63, 3.8) is 0 Å². The smallest absolute Gasteiger partial charge is 0.270 e. The average Bonchev–Trinajstić information content (AvgIpc) is 3.16. The van der Waals surface area contributed by atoms with Gasteiger partial charge in [-0.1, -0.05) is 17.7 Å². The van der Waals surface area contributed by atoms with Gasteiger partial charge in [-0.3, -0.25) is 9.89 Å². The van der Waals surface area contributed by atoms with Crippen LogP contribution in [0.2, 0.25) is 0 Å². The first-order chi connectivity index (χ1) is 12.4. The van der Waals surface area contributed by atoms with Gasteiger partial charge in [0, 0.05) is 18.6 Å². The first-order valence-electron chi connectivity index (χ1n) is 8.46. The number of benzene rings is 1. The van der Waals surface area contributed by atoms with Gasteiger partial charge in [0.05, 0.1) is 15.6 Å². The van der Waals surface area contributed by atoms with Crippen LogP contribution in [0, 0.1) is 12.8 Å². The predicted molar refractivity (Wildman–Crippen MR) is 99.1 cm³/mol. The molecular weight excluding hydrogens is 420 g/mol. The average molecular weight is 439 g/mol. The molecule has 1 amide bonds. The first kappa shape index (κ1) is 17.7. The summed E-state index contributed by atoms with van der Waals surface area (Å²) in [4.78, 5) is 12.7. The van der Waals surface area contributed by atoms with Crippen LogP contribution in [0.4, 0.5) is 0 Å². The largest absolute Gasteiger partial charge is 0.346 e. The maximum Gasteiger partial charge on any atom is 0.270 e. The number of H-pyrrole nitrogens is 1. The van der Waals surface area contributed by atoms with Crippen LogP contribution in [0.3, 0.4) is 0 Å². The molecule has 2 N–H and O–H groups in total. The number of aryl methyl sites for hydroxylation is 1. The van der Waals surface area contributed by atoms with Gasteiger partial charge in [-0.15, -0.1) is 0 Å². The number of aromatic amines is 1. The van der Waals surface area contributed by atoms with Crippen molar-refractivity contribution >= 4 is 31.9 Å². The van der Waals surface area contributed by atoms with Gasteiger partial charge in [-0.2, -0.15) is 9.40 Å². The van der Waals surface area contributed by atoms with Gasteiger partial charge in [0.2, 0.25) is 10.0 Å². The molecule has 2 aromatic rings. The van der Waals surface area contributed by atoms with Gasteiger partial charge in [0.1, 0.15) is 5.69 Å². The molecule has 0 bridgehead atoms. The summed E-state index contributed by atoms with van der Waals surface area (Å²) in [7, 11) is -3.56. The molecule has 4 rings (SSSR count). The Balaban J connectivity index is 1.53. The van der Waals surface area contributed by atoms with Crippen molar-refractivity contribution in [2.24, 2.45) is 5.92 Å². The van der Waals surface area contributed by atoms with Crippen molar-refractivity contribution in [1.82, 2.24) is 19.8 Å². The third-order valence-electron chi connectivity index (χ3n) is 5.27. The van der Waals surface area contributed by atoms with E-state index in [0.29, 0.717) is 27.5 Å². The van der Waals surface area contributed by atoms with Crippen LogP contribution in [-0.4, -0.2) is 47.5 Å². The van der Waals surface area contributed by atoms with Crippen LogP contribution in [-0.2, 0) is 10.0 Å². The zero-order valence-electron chi connectivity index (χ0n) is 14.1. The van der Waals surface area contributed by atoms with Crippen LogP contribution >= 0.6 is 15.9 Å². The van der Waals surface area contributed by atoms with Gasteiger partial charge in [-0.05, 0) is 53.7 Å². The first-order valence-corrected chi connectivity index (χ1v) is 10.7. The number of carbonyl (C=O) groups is 1. The number of amides is 1. The molecule has 1 saturated carbocycles. The van der Waals surface area contributed by atoms with Crippen molar-refractivity contribution < 1.29 is 13.2 Å². The summed E-state index contributed by atoms with van der Waals surface area (Å²) in [5.74, 6) is 0.0168. The van der Waals surface area contributed by atoms with E-state index in [1.54, 1.807) is 28.6 Å². The van der Waals surface area contributed by atoms with E-state index in [1.165, 1.54) is 6.20 Å². The molecule has 2 fully saturated rings. The van der Waals surface area contributed by atoms with Crippen LogP contribution in [0.1, 0.15) is 28.9 Å². The van der Waals surface area contributed by atoms with E-state index >= 15 is 0 Å². The Morgan fingerprint density at radius 1 is 1.35 bits per heavy atom. The molecule has 0 unspecified atom stereocenters. The molecule has 138 valence electrons. The summed E-state index contributed by atoms with van der Waals surface area (Å²) in [6, 6.07) is 6.52. The second-order valence-electron chi connectivity index (χ2n) is 6.88. The Morgan fingerprint density at radius 3 is 2.73 bits per heavy atom. The van der Waals surface area contributed by atoms with Gasteiger partial charge < -0.3 is 5.32 Å². The Kier molecular flexibility index (Phi) is 4.40. The SMILES string of the molecule is Cc1ccc(S(=O)(=O)N2CC[C@@H]3C[C@H](NC(=O)c4[nH]ncc4Br)[C@@H]32)cc1. The molecule has 1 aromatic heterocycles. The van der Waals surface area contributed by atoms with Gasteiger partial charge in [-0.25, -0.2) is 8.42 Å². The van der Waals surface area contributed by atoms with E-state index < -0.39 is 10.0 Å². The normalized spacial score (nSPS) is 25.5. The molecule has 2 heterocycles. The minimum Gasteiger partial charge on any atom is -0.346 e. The Hall–Kier alpha value is -1.71. The monoisotopic (exact) mass is 438 g/mol. The highest BCUT2D eigenvalue weighted by Crippen LogP contribution is 2.43. The number of hydrogen-bond acceptors (Lipinski definition) is 4. The molecule has 1 saturated heterocycles. The maximum absolute atomic E-state index is 13.0. The summed E-state index contributed by atoms with van der Waals surface area (Å²) in [6.45, 7) is 2.42. The van der Waals surface area contributed by atoms with E-state index in [2.05, 4.69) is 31.4 Å². The fraction of sp³-hybridized carbons (Fsp3) is 0.412. The van der Waals surface area contributed by atoms with Crippen molar-refractivity contribution in [2.75, 3.05) is 6.54 Å². The van der Waals surface area contributed by atoms with Crippen molar-refractivity contribution in [3.8, 4) is 0 Å². The topological polar surface area (TPSA) is 95.2 Å². The lowest BCUT2D eigenvalue weighted by Crippen LogP contribution is -2.60. The van der Waals surface area contributed by atoms with Crippen LogP contribution in [0.25, 0.3) is 0 Å². The van der Waals surface area contributed by atoms with Crippen molar-refractivity contribution in [3.05, 3.63) is 46.2 Å². The number of halogens is 1. The van der Waals surface area contributed by atoms with E-state index in [-0.39, 0.29) is 18.0 Å². The maximum atomic E-state index is 13.0. The van der Waals surface area contributed by atoms with Gasteiger partial charge in [0.15, 0.2) is 0 Å². The highest BCUT2D eigenvalue weighted by atomic mass is 79.9. The number of nitrogens with one attached hydrogen (secondary N) is 2. The molecule has 26 heavy (non-hydrogen) atoms. The zero-order valence-corrected chi connectivity index (χ0v) is 16.5. The fourth-order valence-corrected chi connectivity index (χ4v) is 5.95. The Morgan fingerprint density at radius 2 is 2.08 bits per heavy atom. The summed E-state index contributed by atoms with van der Waals surface area (Å²) >= 11 is 3.27. The highest BCUT2D eigenvalue weighted by Gasteiger charge is 2.53. The minimum absolute atomic E-state index is 0.188. The molecule has 3 atom stereocenters. The summed E-state index contributed by atoms with van der Waals surface area (Å²) in [5.41, 5.74) is 1.36. The molecular formula is C17H19BrN4O3S. The van der Waals surface area contributed by atoms with Crippen LogP contribution in [0.5, 0.6) is 0 Å². The lowest BCUT2D eigenvalue weighted by Gasteiger charge is -2.43. The van der Waals surface area contributed by atoms with E-state index in [0.717, 1.165) is 18.4 Å². The Bertz CT molecular complexity index is 941. The van der Waals surface area contributed by atoms with Crippen LogP contribution < -0.4 is 5.32 Å². The van der Waals surface area contributed by atoms with E-state index in [4.69, 9.17) is 0 Å². The molecule has 7 nitrogen and oxygen atoms in total. The van der Waals surface area contributed by atoms with Crippen molar-refractivity contribution in [2.45, 2.75) is 36.7 Å². The van der Waals surface area contributed by atoms with Crippen molar-refractivity contribution in [1.29, 1.82) is 0 Å². The molecule has 0 spiro atoms. The lowest BCUT2D eigenvalue weighted by atomic mass is 9.76. The zero-order chi connectivity index (χ0) is 18.5. The second-order valence-corrected chi connectivity index (χ2v) is 9.62. The molecule has 1 aromatic carbocycles. The molecule has 2 aliphatic rings. The summed E-state index contributed by atoms with van der Waals surface area (Å²) in [6.07, 6.45) is 3.14. The van der Waals surface area contributed by atoms with Crippen LogP contribution in [0.15, 0.2) is 39.8 Å². The number of nitrogens with zero attached hydrogens (tertiary/aromatic N) is 2. The van der Waals surface area contributed by atoms with Gasteiger partial charge >= 0.3 is 0 Å². The number of rotatable bonds is 4. The fourth-order valence-electron chi connectivity index (χ4n) is 3.85. The Labute approximate surface area is 160 Å². The predicted octanol–water partition coefficient (Wildman–Crippen LogP) is 2.06. The summed E-state index contributed by atoms with van der Waals surface area (Å²) in [5, 5.41) is 9.42. The third kappa shape index (κ3) is 2.87. The van der Waals surface area contributed by atoms with Gasteiger partial charge in [0.25, 0.3) is 5.91 Å². The molecule has 0 radical (unpaired) electrons. The number of fused-ring (bicyclic) bond motifs is 1. The lowest BCUT2D eigenvalue weighted by molar-refractivity contribution is 0.0813. The molecule has 9 heteroatoms. The number of sulfonamides is 1. The minimum atomic E-state index is -3.56. The highest BCUT2D eigenvalue weighted by molar-refractivity contribution is 9.10. The number of carbonyl (C=O) groups excluding carboxylic acids is 1. The quantitative estimate of drug-likeness (QED) is 0.763. The second kappa shape index (κ2) is 6.47. The number of hydrogen-bond donors (Lipinski definition) is 2. The molecule has 1 aliphatic heterocycles.